The van der Waals surface area contributed by atoms with E-state index < -0.39 is 17.3 Å². The highest BCUT2D eigenvalue weighted by molar-refractivity contribution is 5.92. The van der Waals surface area contributed by atoms with E-state index in [-0.39, 0.29) is 12.3 Å². The molecule has 0 bridgehead atoms. The number of pyridine rings is 1. The van der Waals surface area contributed by atoms with E-state index >= 15 is 0 Å². The molecule has 1 rings (SSSR count). The number of amides is 1. The minimum Gasteiger partial charge on any atom is -0.394 e. The third kappa shape index (κ3) is 3.00. The Labute approximate surface area is 93.5 Å². The van der Waals surface area contributed by atoms with Crippen LogP contribution >= 0.6 is 0 Å². The molecule has 0 saturated carbocycles. The molecule has 1 atom stereocenters. The molecule has 16 heavy (non-hydrogen) atoms. The Morgan fingerprint density at radius 3 is 2.75 bits per heavy atom. The van der Waals surface area contributed by atoms with Crippen LogP contribution in [-0.4, -0.2) is 28.1 Å². The van der Waals surface area contributed by atoms with E-state index in [1.54, 1.807) is 6.92 Å². The molecular weight excluding hydrogens is 211 g/mol. The SMILES string of the molecule is CCC(C)(CO)NC(=O)c1ccc(F)cn1. The highest BCUT2D eigenvalue weighted by atomic mass is 19.1. The number of rotatable bonds is 4. The number of nitrogens with zero attached hydrogens (tertiary/aromatic N) is 1. The lowest BCUT2D eigenvalue weighted by molar-refractivity contribution is 0.0842. The standard InChI is InChI=1S/C11H15FN2O2/c1-3-11(2,7-15)14-10(16)9-5-4-8(12)6-13-9/h4-6,15H,3,7H2,1-2H3,(H,14,16). The molecule has 2 N–H and O–H groups in total. The fourth-order valence-corrected chi connectivity index (χ4v) is 1.09. The molecule has 1 aromatic rings. The summed E-state index contributed by atoms with van der Waals surface area (Å²) in [6, 6.07) is 2.47. The topological polar surface area (TPSA) is 62.2 Å². The lowest BCUT2D eigenvalue weighted by atomic mass is 10.00. The summed E-state index contributed by atoms with van der Waals surface area (Å²) >= 11 is 0. The predicted octanol–water partition coefficient (Wildman–Crippen LogP) is 1.11. The second kappa shape index (κ2) is 5.03. The van der Waals surface area contributed by atoms with Gasteiger partial charge in [-0.25, -0.2) is 9.37 Å². The third-order valence-corrected chi connectivity index (χ3v) is 2.50. The number of hydrogen-bond acceptors (Lipinski definition) is 3. The first-order chi connectivity index (χ1) is 7.50. The molecule has 0 radical (unpaired) electrons. The zero-order chi connectivity index (χ0) is 12.2. The van der Waals surface area contributed by atoms with Crippen molar-refractivity contribution in [1.29, 1.82) is 0 Å². The van der Waals surface area contributed by atoms with Crippen LogP contribution in [0.1, 0.15) is 30.8 Å². The molecule has 1 heterocycles. The van der Waals surface area contributed by atoms with Gasteiger partial charge >= 0.3 is 0 Å². The third-order valence-electron chi connectivity index (χ3n) is 2.50. The summed E-state index contributed by atoms with van der Waals surface area (Å²) in [6.07, 6.45) is 1.58. The quantitative estimate of drug-likeness (QED) is 0.808. The Bertz CT molecular complexity index is 361. The fraction of sp³-hybridized carbons (Fsp3) is 0.455. The predicted molar refractivity (Wildman–Crippen MR) is 57.4 cm³/mol. The number of carbonyl (C=O) groups is 1. The van der Waals surface area contributed by atoms with Crippen LogP contribution in [0.25, 0.3) is 0 Å². The normalized spacial score (nSPS) is 14.2. The number of carbonyl (C=O) groups excluding carboxylic acids is 1. The van der Waals surface area contributed by atoms with Gasteiger partial charge in [0.15, 0.2) is 0 Å². The number of hydrogen-bond donors (Lipinski definition) is 2. The van der Waals surface area contributed by atoms with Gasteiger partial charge in [0.25, 0.3) is 5.91 Å². The Kier molecular flexibility index (Phi) is 3.95. The van der Waals surface area contributed by atoms with Crippen LogP contribution in [0.3, 0.4) is 0 Å². The summed E-state index contributed by atoms with van der Waals surface area (Å²) in [5.41, 5.74) is -0.540. The van der Waals surface area contributed by atoms with E-state index in [0.29, 0.717) is 6.42 Å². The molecule has 0 saturated heterocycles. The maximum Gasteiger partial charge on any atom is 0.270 e. The van der Waals surface area contributed by atoms with Crippen LogP contribution in [0, 0.1) is 5.82 Å². The van der Waals surface area contributed by atoms with Crippen LogP contribution in [0.15, 0.2) is 18.3 Å². The van der Waals surface area contributed by atoms with E-state index in [1.165, 1.54) is 12.1 Å². The minimum atomic E-state index is -0.673. The monoisotopic (exact) mass is 226 g/mol. The van der Waals surface area contributed by atoms with Gasteiger partial charge in [-0.3, -0.25) is 4.79 Å². The Balaban J connectivity index is 2.76. The number of aliphatic hydroxyl groups excluding tert-OH is 1. The summed E-state index contributed by atoms with van der Waals surface area (Å²) in [6.45, 7) is 3.43. The minimum absolute atomic E-state index is 0.134. The first kappa shape index (κ1) is 12.6. The van der Waals surface area contributed by atoms with Crippen molar-refractivity contribution in [2.45, 2.75) is 25.8 Å². The molecule has 0 aliphatic carbocycles. The summed E-state index contributed by atoms with van der Waals surface area (Å²) in [4.78, 5) is 15.3. The number of halogens is 1. The zero-order valence-corrected chi connectivity index (χ0v) is 9.33. The highest BCUT2D eigenvalue weighted by Gasteiger charge is 2.24. The molecule has 1 aromatic heterocycles. The molecule has 4 nitrogen and oxygen atoms in total. The van der Waals surface area contributed by atoms with E-state index in [4.69, 9.17) is 5.11 Å². The van der Waals surface area contributed by atoms with Crippen molar-refractivity contribution in [2.75, 3.05) is 6.61 Å². The van der Waals surface area contributed by atoms with Gasteiger partial charge in [-0.2, -0.15) is 0 Å². The largest absolute Gasteiger partial charge is 0.394 e. The summed E-state index contributed by atoms with van der Waals surface area (Å²) in [5.74, 6) is -0.907. The van der Waals surface area contributed by atoms with Gasteiger partial charge in [0.05, 0.1) is 18.3 Å². The van der Waals surface area contributed by atoms with Gasteiger partial charge in [0, 0.05) is 0 Å². The van der Waals surface area contributed by atoms with E-state index in [0.717, 1.165) is 6.20 Å². The van der Waals surface area contributed by atoms with Gasteiger partial charge in [-0.15, -0.1) is 0 Å². The van der Waals surface area contributed by atoms with Crippen molar-refractivity contribution in [3.8, 4) is 0 Å². The number of nitrogens with one attached hydrogen (secondary N) is 1. The number of aromatic nitrogens is 1. The van der Waals surface area contributed by atoms with Gasteiger partial charge in [0.2, 0.25) is 0 Å². The Morgan fingerprint density at radius 2 is 2.31 bits per heavy atom. The lowest BCUT2D eigenvalue weighted by Gasteiger charge is -2.26. The van der Waals surface area contributed by atoms with E-state index in [1.807, 2.05) is 6.92 Å². The lowest BCUT2D eigenvalue weighted by Crippen LogP contribution is -2.48. The molecular formula is C11H15FN2O2. The average Bonchev–Trinajstić information content (AvgIpc) is 2.29. The fourth-order valence-electron chi connectivity index (χ4n) is 1.09. The molecule has 0 spiro atoms. The smallest absolute Gasteiger partial charge is 0.270 e. The summed E-state index contributed by atoms with van der Waals surface area (Å²) in [7, 11) is 0. The molecule has 88 valence electrons. The van der Waals surface area contributed by atoms with Crippen molar-refractivity contribution in [3.63, 3.8) is 0 Å². The van der Waals surface area contributed by atoms with Gasteiger partial charge in [-0.05, 0) is 25.5 Å². The maximum absolute atomic E-state index is 12.6. The molecule has 0 aromatic carbocycles. The number of aliphatic hydroxyl groups is 1. The van der Waals surface area contributed by atoms with Crippen LogP contribution in [0.2, 0.25) is 0 Å². The molecule has 1 amide bonds. The maximum atomic E-state index is 12.6. The van der Waals surface area contributed by atoms with Crippen molar-refractivity contribution < 1.29 is 14.3 Å². The van der Waals surface area contributed by atoms with Crippen molar-refractivity contribution >= 4 is 5.91 Å². The second-order valence-electron chi connectivity index (χ2n) is 3.89. The van der Waals surface area contributed by atoms with Crippen LogP contribution in [0.4, 0.5) is 4.39 Å². The average molecular weight is 226 g/mol. The van der Waals surface area contributed by atoms with Crippen LogP contribution in [-0.2, 0) is 0 Å². The van der Waals surface area contributed by atoms with Gasteiger partial charge in [0.1, 0.15) is 11.5 Å². The molecule has 1 unspecified atom stereocenters. The van der Waals surface area contributed by atoms with Crippen LogP contribution < -0.4 is 5.32 Å². The van der Waals surface area contributed by atoms with Crippen molar-refractivity contribution in [3.05, 3.63) is 29.8 Å². The first-order valence-electron chi connectivity index (χ1n) is 5.05. The van der Waals surface area contributed by atoms with Crippen LogP contribution in [0.5, 0.6) is 0 Å². The Morgan fingerprint density at radius 1 is 1.62 bits per heavy atom. The van der Waals surface area contributed by atoms with E-state index in [2.05, 4.69) is 10.3 Å². The summed E-state index contributed by atoms with van der Waals surface area (Å²) < 4.78 is 12.6. The van der Waals surface area contributed by atoms with Crippen molar-refractivity contribution in [2.24, 2.45) is 0 Å². The van der Waals surface area contributed by atoms with Gasteiger partial charge < -0.3 is 10.4 Å². The summed E-state index contributed by atoms with van der Waals surface area (Å²) in [5, 5.41) is 11.8. The molecule has 5 heteroatoms. The van der Waals surface area contributed by atoms with Crippen molar-refractivity contribution in [1.82, 2.24) is 10.3 Å². The first-order valence-corrected chi connectivity index (χ1v) is 5.05. The van der Waals surface area contributed by atoms with Gasteiger partial charge in [-0.1, -0.05) is 6.92 Å². The van der Waals surface area contributed by atoms with E-state index in [9.17, 15) is 9.18 Å². The Hall–Kier alpha value is -1.49. The molecule has 0 aliphatic heterocycles. The molecule has 0 fully saturated rings. The highest BCUT2D eigenvalue weighted by Crippen LogP contribution is 2.09. The second-order valence-corrected chi connectivity index (χ2v) is 3.89. The molecule has 0 aliphatic rings. The zero-order valence-electron chi connectivity index (χ0n) is 9.33.